The van der Waals surface area contributed by atoms with E-state index >= 15 is 0 Å². The van der Waals surface area contributed by atoms with Crippen LogP contribution in [0.15, 0.2) is 60.8 Å². The Labute approximate surface area is 170 Å². The van der Waals surface area contributed by atoms with Crippen LogP contribution in [0.5, 0.6) is 0 Å². The van der Waals surface area contributed by atoms with Crippen LogP contribution in [0.1, 0.15) is 27.7 Å². The van der Waals surface area contributed by atoms with E-state index in [9.17, 15) is 14.0 Å². The van der Waals surface area contributed by atoms with Crippen molar-refractivity contribution in [3.63, 3.8) is 0 Å². The molecule has 4 N–H and O–H groups in total. The highest BCUT2D eigenvalue weighted by molar-refractivity contribution is 7.16. The molecule has 2 unspecified atom stereocenters. The maximum Gasteiger partial charge on any atom is 0.281 e. The van der Waals surface area contributed by atoms with Crippen molar-refractivity contribution in [3.8, 4) is 10.6 Å². The van der Waals surface area contributed by atoms with Gasteiger partial charge in [0.15, 0.2) is 0 Å². The summed E-state index contributed by atoms with van der Waals surface area (Å²) in [7, 11) is 0. The van der Waals surface area contributed by atoms with E-state index in [2.05, 4.69) is 26.7 Å². The highest BCUT2D eigenvalue weighted by Gasteiger charge is 2.30. The van der Waals surface area contributed by atoms with Crippen LogP contribution in [0.25, 0.3) is 10.6 Å². The molecule has 1 aromatic heterocycles. The number of hydrazine groups is 2. The molecular weight excluding hydrogens is 393 g/mol. The second-order valence-electron chi connectivity index (χ2n) is 6.49. The summed E-state index contributed by atoms with van der Waals surface area (Å²) in [6.45, 7) is 0. The number of hydrogen-bond acceptors (Lipinski definition) is 6. The molecule has 2 aromatic carbocycles. The number of carbonyl (C=O) groups excluding carboxylic acids is 2. The zero-order valence-electron chi connectivity index (χ0n) is 15.2. The van der Waals surface area contributed by atoms with Gasteiger partial charge in [0, 0.05) is 11.6 Å². The number of thiazole rings is 1. The first-order valence-corrected chi connectivity index (χ1v) is 9.80. The van der Waals surface area contributed by atoms with Crippen LogP contribution in [0.4, 0.5) is 4.39 Å². The van der Waals surface area contributed by atoms with Gasteiger partial charge >= 0.3 is 0 Å². The van der Waals surface area contributed by atoms with E-state index in [1.165, 1.54) is 12.3 Å². The SMILES string of the molecule is O=C(NNC(=O)C1CC(c2ccccc2)NN1)c1cnc(-c2ccccc2F)s1. The fraction of sp³-hybridized carbons (Fsp3) is 0.150. The third-order valence-electron chi connectivity index (χ3n) is 4.55. The minimum absolute atomic E-state index is 0.00692. The average Bonchev–Trinajstić information content (AvgIpc) is 3.43. The Balaban J connectivity index is 1.32. The molecule has 1 aliphatic rings. The molecule has 2 atom stereocenters. The quantitative estimate of drug-likeness (QED) is 0.495. The molecule has 0 radical (unpaired) electrons. The third-order valence-corrected chi connectivity index (χ3v) is 5.58. The summed E-state index contributed by atoms with van der Waals surface area (Å²) in [6, 6.07) is 15.5. The maximum atomic E-state index is 13.9. The summed E-state index contributed by atoms with van der Waals surface area (Å²) in [5.41, 5.74) is 12.2. The topological polar surface area (TPSA) is 95.2 Å². The van der Waals surface area contributed by atoms with Gasteiger partial charge in [-0.25, -0.2) is 20.2 Å². The molecule has 0 spiro atoms. The van der Waals surface area contributed by atoms with Gasteiger partial charge in [0.25, 0.3) is 11.8 Å². The van der Waals surface area contributed by atoms with Crippen molar-refractivity contribution < 1.29 is 14.0 Å². The second-order valence-corrected chi connectivity index (χ2v) is 7.52. The summed E-state index contributed by atoms with van der Waals surface area (Å²) in [5.74, 6) is -1.28. The fourth-order valence-electron chi connectivity index (χ4n) is 3.04. The van der Waals surface area contributed by atoms with Crippen LogP contribution in [-0.2, 0) is 4.79 Å². The molecule has 0 aliphatic carbocycles. The molecule has 2 heterocycles. The Morgan fingerprint density at radius 1 is 1.03 bits per heavy atom. The predicted molar refractivity (Wildman–Crippen MR) is 107 cm³/mol. The molecule has 0 bridgehead atoms. The number of halogens is 1. The van der Waals surface area contributed by atoms with Gasteiger partial charge in [-0.2, -0.15) is 0 Å². The van der Waals surface area contributed by atoms with Crippen molar-refractivity contribution in [2.45, 2.75) is 18.5 Å². The average molecular weight is 411 g/mol. The highest BCUT2D eigenvalue weighted by Crippen LogP contribution is 2.27. The van der Waals surface area contributed by atoms with Crippen molar-refractivity contribution in [2.24, 2.45) is 0 Å². The molecular formula is C20H18FN5O2S. The molecule has 148 valence electrons. The number of aromatic nitrogens is 1. The second kappa shape index (κ2) is 8.48. The molecule has 1 fully saturated rings. The summed E-state index contributed by atoms with van der Waals surface area (Å²) in [6.07, 6.45) is 1.90. The van der Waals surface area contributed by atoms with Crippen LogP contribution in [0.3, 0.4) is 0 Å². The lowest BCUT2D eigenvalue weighted by atomic mass is 10.0. The van der Waals surface area contributed by atoms with Gasteiger partial charge in [-0.15, -0.1) is 11.3 Å². The van der Waals surface area contributed by atoms with E-state index in [1.54, 1.807) is 18.2 Å². The van der Waals surface area contributed by atoms with E-state index in [0.717, 1.165) is 16.9 Å². The lowest BCUT2D eigenvalue weighted by Crippen LogP contribution is -2.50. The summed E-state index contributed by atoms with van der Waals surface area (Å²) in [4.78, 5) is 29.0. The number of rotatable bonds is 4. The lowest BCUT2D eigenvalue weighted by molar-refractivity contribution is -0.123. The highest BCUT2D eigenvalue weighted by atomic mass is 32.1. The van der Waals surface area contributed by atoms with Gasteiger partial charge in [0.2, 0.25) is 0 Å². The Hall–Kier alpha value is -3.14. The van der Waals surface area contributed by atoms with Crippen LogP contribution in [0, 0.1) is 5.82 Å². The van der Waals surface area contributed by atoms with E-state index < -0.39 is 17.8 Å². The minimum atomic E-state index is -0.510. The Bertz CT molecular complexity index is 1030. The van der Waals surface area contributed by atoms with Gasteiger partial charge < -0.3 is 0 Å². The molecule has 1 saturated heterocycles. The molecule has 9 heteroatoms. The largest absolute Gasteiger partial charge is 0.281 e. The molecule has 4 rings (SSSR count). The van der Waals surface area contributed by atoms with E-state index in [-0.39, 0.29) is 16.8 Å². The number of hydrogen-bond donors (Lipinski definition) is 4. The molecule has 29 heavy (non-hydrogen) atoms. The molecule has 7 nitrogen and oxygen atoms in total. The number of amides is 2. The first kappa shape index (κ1) is 19.2. The monoisotopic (exact) mass is 411 g/mol. The summed E-state index contributed by atoms with van der Waals surface area (Å²) < 4.78 is 13.9. The van der Waals surface area contributed by atoms with E-state index in [1.807, 2.05) is 30.3 Å². The van der Waals surface area contributed by atoms with Gasteiger partial charge in [0.05, 0.1) is 6.20 Å². The van der Waals surface area contributed by atoms with Crippen molar-refractivity contribution in [2.75, 3.05) is 0 Å². The van der Waals surface area contributed by atoms with Crippen LogP contribution in [0.2, 0.25) is 0 Å². The lowest BCUT2D eigenvalue weighted by Gasteiger charge is -2.11. The van der Waals surface area contributed by atoms with Gasteiger partial charge in [-0.05, 0) is 24.1 Å². The minimum Gasteiger partial charge on any atom is -0.271 e. The Kier molecular flexibility index (Phi) is 5.61. The van der Waals surface area contributed by atoms with Gasteiger partial charge in [-0.3, -0.25) is 20.4 Å². The fourth-order valence-corrected chi connectivity index (χ4v) is 3.88. The standard InChI is InChI=1S/C20H18FN5O2S/c21-14-9-5-4-8-13(14)20-22-11-17(29-20)19(28)26-25-18(27)16-10-15(23-24-16)12-6-2-1-3-7-12/h1-9,11,15-16,23-24H,10H2,(H,25,27)(H,26,28). The molecule has 3 aromatic rings. The Morgan fingerprint density at radius 2 is 1.79 bits per heavy atom. The van der Waals surface area contributed by atoms with Crippen LogP contribution < -0.4 is 21.7 Å². The number of nitrogens with zero attached hydrogens (tertiary/aromatic N) is 1. The van der Waals surface area contributed by atoms with Crippen LogP contribution in [-0.4, -0.2) is 22.8 Å². The predicted octanol–water partition coefficient (Wildman–Crippen LogP) is 2.32. The molecule has 0 saturated carbocycles. The zero-order chi connectivity index (χ0) is 20.2. The zero-order valence-corrected chi connectivity index (χ0v) is 16.0. The maximum absolute atomic E-state index is 13.9. The molecule has 1 aliphatic heterocycles. The van der Waals surface area contributed by atoms with Crippen molar-refractivity contribution in [1.82, 2.24) is 26.7 Å². The first-order chi connectivity index (χ1) is 14.1. The first-order valence-electron chi connectivity index (χ1n) is 8.99. The Morgan fingerprint density at radius 3 is 2.59 bits per heavy atom. The van der Waals surface area contributed by atoms with Gasteiger partial charge in [-0.1, -0.05) is 42.5 Å². The summed E-state index contributed by atoms with van der Waals surface area (Å²) in [5, 5.41) is 0.395. The van der Waals surface area contributed by atoms with Crippen molar-refractivity contribution in [3.05, 3.63) is 77.1 Å². The molecule has 2 amide bonds. The third kappa shape index (κ3) is 4.32. The number of benzene rings is 2. The van der Waals surface area contributed by atoms with Crippen molar-refractivity contribution >= 4 is 23.2 Å². The summed E-state index contributed by atoms with van der Waals surface area (Å²) >= 11 is 1.05. The van der Waals surface area contributed by atoms with E-state index in [0.29, 0.717) is 17.0 Å². The smallest absolute Gasteiger partial charge is 0.271 e. The van der Waals surface area contributed by atoms with Gasteiger partial charge in [0.1, 0.15) is 21.7 Å². The van der Waals surface area contributed by atoms with Crippen molar-refractivity contribution in [1.29, 1.82) is 0 Å². The van der Waals surface area contributed by atoms with E-state index in [4.69, 9.17) is 0 Å². The van der Waals surface area contributed by atoms with Crippen LogP contribution >= 0.6 is 11.3 Å². The number of carbonyl (C=O) groups is 2. The normalized spacial score (nSPS) is 18.4. The number of nitrogens with one attached hydrogen (secondary N) is 4.